The monoisotopic (exact) mass is 381 g/mol. The third-order valence-corrected chi connectivity index (χ3v) is 3.34. The summed E-state index contributed by atoms with van der Waals surface area (Å²) in [5.74, 6) is 0. The summed E-state index contributed by atoms with van der Waals surface area (Å²) in [7, 11) is 0. The number of ether oxygens (including phenoxy) is 1. The van der Waals surface area contributed by atoms with E-state index >= 15 is 0 Å². The van der Waals surface area contributed by atoms with E-state index in [-0.39, 0.29) is 0 Å². The Morgan fingerprint density at radius 2 is 2.18 bits per heavy atom. The predicted molar refractivity (Wildman–Crippen MR) is 63.4 cm³/mol. The van der Waals surface area contributed by atoms with Gasteiger partial charge in [-0.25, -0.2) is 3.11 Å². The average Bonchev–Trinajstić information content (AvgIpc) is 1.85. The fourth-order valence-corrected chi connectivity index (χ4v) is 2.53. The summed E-state index contributed by atoms with van der Waals surface area (Å²) in [6.07, 6.45) is 0.805. The van der Waals surface area contributed by atoms with E-state index in [4.69, 9.17) is 4.74 Å². The van der Waals surface area contributed by atoms with E-state index in [1.165, 1.54) is 0 Å². The Labute approximate surface area is 95.7 Å². The first-order valence-corrected chi connectivity index (χ1v) is 6.01. The minimum Gasteiger partial charge on any atom is -0.371 e. The quantitative estimate of drug-likeness (QED) is 0.393. The molecule has 1 aliphatic heterocycles. The maximum Gasteiger partial charge on any atom is 0.0829 e. The van der Waals surface area contributed by atoms with E-state index in [0.717, 1.165) is 13.1 Å². The van der Waals surface area contributed by atoms with Crippen molar-refractivity contribution in [1.29, 1.82) is 0 Å². The minimum absolute atomic E-state index is 0.392. The summed E-state index contributed by atoms with van der Waals surface area (Å²) in [5.41, 5.74) is 0. The van der Waals surface area contributed by atoms with E-state index in [0.29, 0.717) is 16.1 Å². The highest BCUT2D eigenvalue weighted by atomic mass is 127. The lowest BCUT2D eigenvalue weighted by atomic mass is 10.2. The molecule has 0 radical (unpaired) electrons. The molecule has 2 nitrogen and oxygen atoms in total. The molecule has 1 saturated heterocycles. The number of halogens is 2. The van der Waals surface area contributed by atoms with Crippen molar-refractivity contribution in [3.8, 4) is 0 Å². The Hall–Kier alpha value is 1.38. The second kappa shape index (κ2) is 4.57. The van der Waals surface area contributed by atoms with Gasteiger partial charge >= 0.3 is 0 Å². The number of hydrogen-bond acceptors (Lipinski definition) is 2. The van der Waals surface area contributed by atoms with Gasteiger partial charge in [0.15, 0.2) is 0 Å². The molecule has 0 saturated carbocycles. The topological polar surface area (TPSA) is 12.5 Å². The maximum absolute atomic E-state index is 5.76. The second-order valence-electron chi connectivity index (χ2n) is 2.99. The van der Waals surface area contributed by atoms with Crippen molar-refractivity contribution in [1.82, 2.24) is 3.11 Å². The summed E-state index contributed by atoms with van der Waals surface area (Å²) in [4.78, 5) is 0. The Bertz CT molecular complexity index is 122. The smallest absolute Gasteiger partial charge is 0.0829 e. The number of hydrogen-bond donors (Lipinski definition) is 0. The molecular weight excluding hydrogens is 368 g/mol. The zero-order valence-electron chi connectivity index (χ0n) is 6.76. The lowest BCUT2D eigenvalue weighted by Gasteiger charge is -2.34. The van der Waals surface area contributed by atoms with Crippen LogP contribution in [0.15, 0.2) is 0 Å². The average molecular weight is 381 g/mol. The summed E-state index contributed by atoms with van der Waals surface area (Å²) < 4.78 is 8.68. The molecule has 0 aliphatic carbocycles. The molecule has 1 rings (SSSR count). The molecule has 1 heterocycles. The van der Waals surface area contributed by atoms with Gasteiger partial charge in [-0.3, -0.25) is 0 Å². The highest BCUT2D eigenvalue weighted by molar-refractivity contribution is 14.1. The van der Waals surface area contributed by atoms with E-state index in [1.807, 2.05) is 0 Å². The molecule has 1 aliphatic rings. The first-order valence-electron chi connectivity index (χ1n) is 3.80. The standard InChI is InChI=1S/C7H13I2NO/c1-5-3-10(9)4-7(11-5)6(2)8/h5-7H,3-4H2,1-2H3/t5-,6?,7+/m1/s1. The molecule has 0 aromatic heterocycles. The molecule has 0 spiro atoms. The molecule has 3 atom stereocenters. The lowest BCUT2D eigenvalue weighted by Crippen LogP contribution is -2.44. The highest BCUT2D eigenvalue weighted by Crippen LogP contribution is 2.20. The van der Waals surface area contributed by atoms with E-state index in [2.05, 4.69) is 62.4 Å². The molecular formula is C7H13I2NO. The lowest BCUT2D eigenvalue weighted by molar-refractivity contribution is -0.0429. The predicted octanol–water partition coefficient (Wildman–Crippen LogP) is 2.25. The zero-order chi connectivity index (χ0) is 8.43. The minimum atomic E-state index is 0.392. The molecule has 0 aromatic rings. The van der Waals surface area contributed by atoms with Crippen molar-refractivity contribution < 1.29 is 4.74 Å². The van der Waals surface area contributed by atoms with Gasteiger partial charge in [-0.05, 0) is 6.92 Å². The molecule has 11 heavy (non-hydrogen) atoms. The van der Waals surface area contributed by atoms with Crippen LogP contribution < -0.4 is 0 Å². The van der Waals surface area contributed by atoms with Crippen molar-refractivity contribution in [3.05, 3.63) is 0 Å². The van der Waals surface area contributed by atoms with Gasteiger partial charge in [0.2, 0.25) is 0 Å². The molecule has 0 bridgehead atoms. The van der Waals surface area contributed by atoms with E-state index in [9.17, 15) is 0 Å². The molecule has 0 aromatic carbocycles. The van der Waals surface area contributed by atoms with Crippen LogP contribution in [-0.2, 0) is 4.74 Å². The number of alkyl halides is 1. The largest absolute Gasteiger partial charge is 0.371 e. The van der Waals surface area contributed by atoms with Crippen LogP contribution in [0.1, 0.15) is 13.8 Å². The van der Waals surface area contributed by atoms with Crippen LogP contribution in [0, 0.1) is 0 Å². The Morgan fingerprint density at radius 3 is 2.64 bits per heavy atom. The normalized spacial score (nSPS) is 37.1. The summed E-state index contributed by atoms with van der Waals surface area (Å²) in [5, 5.41) is 0. The van der Waals surface area contributed by atoms with Crippen molar-refractivity contribution in [2.24, 2.45) is 0 Å². The second-order valence-corrected chi connectivity index (χ2v) is 6.32. The van der Waals surface area contributed by atoms with Gasteiger partial charge in [-0.2, -0.15) is 0 Å². The molecule has 4 heteroatoms. The van der Waals surface area contributed by atoms with E-state index in [1.54, 1.807) is 0 Å². The van der Waals surface area contributed by atoms with Gasteiger partial charge in [0.05, 0.1) is 12.2 Å². The molecule has 66 valence electrons. The van der Waals surface area contributed by atoms with Crippen LogP contribution in [0.2, 0.25) is 0 Å². The molecule has 1 fully saturated rings. The van der Waals surface area contributed by atoms with Crippen molar-refractivity contribution in [2.75, 3.05) is 13.1 Å². The summed E-state index contributed by atoms with van der Waals surface area (Å²) in [6, 6.07) is 0. The van der Waals surface area contributed by atoms with Crippen LogP contribution in [0.3, 0.4) is 0 Å². The molecule has 0 amide bonds. The Morgan fingerprint density at radius 1 is 1.55 bits per heavy atom. The van der Waals surface area contributed by atoms with Gasteiger partial charge < -0.3 is 4.74 Å². The van der Waals surface area contributed by atoms with Crippen molar-refractivity contribution in [2.45, 2.75) is 30.0 Å². The number of morpholine rings is 1. The Balaban J connectivity index is 2.43. The van der Waals surface area contributed by atoms with Crippen LogP contribution in [0.25, 0.3) is 0 Å². The van der Waals surface area contributed by atoms with Crippen LogP contribution in [0.5, 0.6) is 0 Å². The highest BCUT2D eigenvalue weighted by Gasteiger charge is 2.26. The van der Waals surface area contributed by atoms with Gasteiger partial charge in [0.25, 0.3) is 0 Å². The Kier molecular flexibility index (Phi) is 4.35. The molecule has 1 unspecified atom stereocenters. The third-order valence-electron chi connectivity index (χ3n) is 1.75. The number of rotatable bonds is 1. The van der Waals surface area contributed by atoms with Gasteiger partial charge in [0.1, 0.15) is 0 Å². The first kappa shape index (κ1) is 10.5. The SMILES string of the molecule is CC(I)[C@@H]1CN(I)C[C@@H](C)O1. The number of nitrogens with zero attached hydrogens (tertiary/aromatic N) is 1. The van der Waals surface area contributed by atoms with Crippen LogP contribution in [-0.4, -0.2) is 32.3 Å². The van der Waals surface area contributed by atoms with Crippen molar-refractivity contribution >= 4 is 45.5 Å². The fourth-order valence-electron chi connectivity index (χ4n) is 1.19. The molecule has 0 N–H and O–H groups in total. The summed E-state index contributed by atoms with van der Waals surface area (Å²) in [6.45, 7) is 6.46. The third kappa shape index (κ3) is 3.31. The van der Waals surface area contributed by atoms with Crippen LogP contribution >= 0.6 is 45.5 Å². The fraction of sp³-hybridized carbons (Fsp3) is 1.00. The van der Waals surface area contributed by atoms with Gasteiger partial charge in [-0.1, -0.05) is 29.5 Å². The summed E-state index contributed by atoms with van der Waals surface area (Å²) >= 11 is 4.80. The van der Waals surface area contributed by atoms with E-state index < -0.39 is 0 Å². The first-order chi connectivity index (χ1) is 5.09. The van der Waals surface area contributed by atoms with Crippen LogP contribution in [0.4, 0.5) is 0 Å². The maximum atomic E-state index is 5.76. The van der Waals surface area contributed by atoms with Gasteiger partial charge in [-0.15, -0.1) is 0 Å². The zero-order valence-corrected chi connectivity index (χ0v) is 11.1. The van der Waals surface area contributed by atoms with Gasteiger partial charge in [0, 0.05) is 39.9 Å². The van der Waals surface area contributed by atoms with Crippen molar-refractivity contribution in [3.63, 3.8) is 0 Å².